The third-order valence-electron chi connectivity index (χ3n) is 3.14. The van der Waals surface area contributed by atoms with Gasteiger partial charge in [-0.1, -0.05) is 30.3 Å². The number of hydrogen-bond donors (Lipinski definition) is 2. The van der Waals surface area contributed by atoms with E-state index in [-0.39, 0.29) is 12.1 Å². The molecule has 1 aliphatic rings. The molecule has 1 saturated heterocycles. The Kier molecular flexibility index (Phi) is 5.56. The Hall–Kier alpha value is -0.700. The minimum atomic E-state index is -0.752. The number of hydroxylamine groups is 1. The third kappa shape index (κ3) is 4.41. The van der Waals surface area contributed by atoms with E-state index in [1.165, 1.54) is 0 Å². The lowest BCUT2D eigenvalue weighted by Gasteiger charge is -2.33. The molecule has 0 aliphatic carbocycles. The van der Waals surface area contributed by atoms with Gasteiger partial charge in [0.15, 0.2) is 0 Å². The van der Waals surface area contributed by atoms with Crippen LogP contribution in [0.1, 0.15) is 18.4 Å². The van der Waals surface area contributed by atoms with E-state index in [2.05, 4.69) is 28.3 Å². The number of piperidine rings is 1. The summed E-state index contributed by atoms with van der Waals surface area (Å²) in [5.74, 6) is -0.752. The van der Waals surface area contributed by atoms with Gasteiger partial charge in [-0.15, -0.1) is 0 Å². The van der Waals surface area contributed by atoms with Gasteiger partial charge in [-0.25, -0.2) is 3.11 Å². The first-order chi connectivity index (χ1) is 9.16. The van der Waals surface area contributed by atoms with E-state index < -0.39 is 5.97 Å². The number of hydrogen-bond acceptors (Lipinski definition) is 4. The average Bonchev–Trinajstić information content (AvgIpc) is 2.39. The fraction of sp³-hybridized carbons (Fsp3) is 0.462. The highest BCUT2D eigenvalue weighted by atomic mass is 127. The van der Waals surface area contributed by atoms with Gasteiger partial charge in [-0.2, -0.15) is 5.48 Å². The van der Waals surface area contributed by atoms with Crippen LogP contribution in [0.3, 0.4) is 0 Å². The number of carboxylic acid groups (broad SMARTS) is 1. The van der Waals surface area contributed by atoms with Crippen LogP contribution in [0.2, 0.25) is 0 Å². The number of halogens is 1. The molecular weight excluding hydrogens is 359 g/mol. The molecule has 1 fully saturated rings. The summed E-state index contributed by atoms with van der Waals surface area (Å²) in [6.45, 7) is 1.19. The number of benzene rings is 1. The van der Waals surface area contributed by atoms with Crippen molar-refractivity contribution in [2.75, 3.05) is 6.54 Å². The highest BCUT2D eigenvalue weighted by Gasteiger charge is 2.31. The second kappa shape index (κ2) is 7.18. The van der Waals surface area contributed by atoms with E-state index in [0.29, 0.717) is 19.6 Å². The van der Waals surface area contributed by atoms with Gasteiger partial charge in [-0.3, -0.25) is 9.63 Å². The minimum Gasteiger partial charge on any atom is -0.480 e. The van der Waals surface area contributed by atoms with Gasteiger partial charge < -0.3 is 5.11 Å². The lowest BCUT2D eigenvalue weighted by molar-refractivity contribution is -0.142. The van der Waals surface area contributed by atoms with Crippen molar-refractivity contribution in [3.63, 3.8) is 0 Å². The van der Waals surface area contributed by atoms with Crippen molar-refractivity contribution < 1.29 is 14.7 Å². The molecule has 5 nitrogen and oxygen atoms in total. The zero-order chi connectivity index (χ0) is 13.7. The summed E-state index contributed by atoms with van der Waals surface area (Å²) in [6, 6.07) is 9.73. The summed E-state index contributed by atoms with van der Waals surface area (Å²) in [6.07, 6.45) is 1.45. The van der Waals surface area contributed by atoms with Gasteiger partial charge >= 0.3 is 5.97 Å². The molecule has 0 unspecified atom stereocenters. The fourth-order valence-electron chi connectivity index (χ4n) is 2.08. The van der Waals surface area contributed by atoms with Crippen LogP contribution in [-0.4, -0.2) is 32.8 Å². The largest absolute Gasteiger partial charge is 0.480 e. The summed E-state index contributed by atoms with van der Waals surface area (Å²) in [5, 5.41) is 9.02. The molecule has 1 aromatic rings. The molecule has 2 rings (SSSR count). The zero-order valence-electron chi connectivity index (χ0n) is 10.5. The Morgan fingerprint density at radius 1 is 1.42 bits per heavy atom. The van der Waals surface area contributed by atoms with Gasteiger partial charge in [0, 0.05) is 35.5 Å². The molecular formula is C13H17IN2O3. The molecule has 2 atom stereocenters. The van der Waals surface area contributed by atoms with Crippen LogP contribution in [-0.2, 0) is 16.2 Å². The van der Waals surface area contributed by atoms with E-state index in [9.17, 15) is 4.79 Å². The van der Waals surface area contributed by atoms with E-state index in [0.717, 1.165) is 12.0 Å². The molecule has 0 amide bonds. The Morgan fingerprint density at radius 3 is 2.79 bits per heavy atom. The van der Waals surface area contributed by atoms with Gasteiger partial charge in [-0.05, 0) is 18.4 Å². The Morgan fingerprint density at radius 2 is 2.16 bits per heavy atom. The maximum atomic E-state index is 11.0. The SMILES string of the molecule is O=C(O)[C@@H]1CC[C@@H](NOCc2ccccc2)CN1I. The normalized spacial score (nSPS) is 24.3. The van der Waals surface area contributed by atoms with Crippen molar-refractivity contribution in [1.29, 1.82) is 0 Å². The highest BCUT2D eigenvalue weighted by molar-refractivity contribution is 14.1. The molecule has 19 heavy (non-hydrogen) atoms. The number of rotatable bonds is 5. The lowest BCUT2D eigenvalue weighted by Crippen LogP contribution is -2.48. The van der Waals surface area contributed by atoms with Crippen molar-refractivity contribution in [3.05, 3.63) is 35.9 Å². The first-order valence-electron chi connectivity index (χ1n) is 6.23. The van der Waals surface area contributed by atoms with Crippen LogP contribution >= 0.6 is 22.9 Å². The molecule has 0 saturated carbocycles. The average molecular weight is 376 g/mol. The van der Waals surface area contributed by atoms with Crippen molar-refractivity contribution in [1.82, 2.24) is 8.59 Å². The van der Waals surface area contributed by atoms with E-state index >= 15 is 0 Å². The summed E-state index contributed by atoms with van der Waals surface area (Å²) in [5.41, 5.74) is 4.13. The van der Waals surface area contributed by atoms with Gasteiger partial charge in [0.1, 0.15) is 6.04 Å². The second-order valence-corrected chi connectivity index (χ2v) is 5.84. The second-order valence-electron chi connectivity index (χ2n) is 4.60. The zero-order valence-corrected chi connectivity index (χ0v) is 12.6. The molecule has 1 aromatic carbocycles. The molecule has 0 radical (unpaired) electrons. The molecule has 0 spiro atoms. The van der Waals surface area contributed by atoms with Gasteiger partial charge in [0.05, 0.1) is 6.61 Å². The van der Waals surface area contributed by atoms with E-state index in [1.54, 1.807) is 0 Å². The van der Waals surface area contributed by atoms with Crippen molar-refractivity contribution >= 4 is 28.8 Å². The highest BCUT2D eigenvalue weighted by Crippen LogP contribution is 2.21. The summed E-state index contributed by atoms with van der Waals surface area (Å²) in [4.78, 5) is 16.4. The molecule has 2 N–H and O–H groups in total. The number of nitrogens with zero attached hydrogens (tertiary/aromatic N) is 1. The topological polar surface area (TPSA) is 61.8 Å². The fourth-order valence-corrected chi connectivity index (χ4v) is 3.08. The minimum absolute atomic E-state index is 0.177. The summed E-state index contributed by atoms with van der Waals surface area (Å²) in [7, 11) is 0. The van der Waals surface area contributed by atoms with Crippen molar-refractivity contribution in [2.45, 2.75) is 31.5 Å². The van der Waals surface area contributed by atoms with Crippen LogP contribution in [0.25, 0.3) is 0 Å². The van der Waals surface area contributed by atoms with Crippen LogP contribution in [0.5, 0.6) is 0 Å². The monoisotopic (exact) mass is 376 g/mol. The lowest BCUT2D eigenvalue weighted by atomic mass is 10.0. The van der Waals surface area contributed by atoms with Crippen molar-refractivity contribution in [3.8, 4) is 0 Å². The van der Waals surface area contributed by atoms with Gasteiger partial charge in [0.2, 0.25) is 0 Å². The summed E-state index contributed by atoms with van der Waals surface area (Å²) < 4.78 is 1.83. The standard InChI is InChI=1S/C13H17IN2O3/c14-16-8-11(6-7-12(16)13(17)18)15-19-9-10-4-2-1-3-5-10/h1-5,11-12,15H,6-9H2,(H,17,18)/t11-,12+/m1/s1. The van der Waals surface area contributed by atoms with E-state index in [4.69, 9.17) is 9.94 Å². The van der Waals surface area contributed by atoms with E-state index in [1.807, 2.05) is 33.4 Å². The predicted octanol–water partition coefficient (Wildman–Crippen LogP) is 1.98. The predicted molar refractivity (Wildman–Crippen MR) is 79.5 cm³/mol. The smallest absolute Gasteiger partial charge is 0.321 e. The third-order valence-corrected chi connectivity index (χ3v) is 4.20. The Labute approximate surface area is 126 Å². The molecule has 1 heterocycles. The van der Waals surface area contributed by atoms with Crippen LogP contribution in [0.15, 0.2) is 30.3 Å². The molecule has 0 aromatic heterocycles. The Bertz CT molecular complexity index is 416. The number of nitrogens with one attached hydrogen (secondary N) is 1. The molecule has 0 bridgehead atoms. The number of aliphatic carboxylic acids is 1. The quantitative estimate of drug-likeness (QED) is 0.468. The van der Waals surface area contributed by atoms with Crippen LogP contribution < -0.4 is 5.48 Å². The summed E-state index contributed by atoms with van der Waals surface area (Å²) >= 11 is 2.07. The van der Waals surface area contributed by atoms with Crippen molar-refractivity contribution in [2.24, 2.45) is 0 Å². The number of carbonyl (C=O) groups is 1. The maximum Gasteiger partial charge on any atom is 0.321 e. The first kappa shape index (κ1) is 14.7. The van der Waals surface area contributed by atoms with Crippen LogP contribution in [0.4, 0.5) is 0 Å². The maximum absolute atomic E-state index is 11.0. The van der Waals surface area contributed by atoms with Gasteiger partial charge in [0.25, 0.3) is 0 Å². The molecule has 104 valence electrons. The van der Waals surface area contributed by atoms with Crippen LogP contribution in [0, 0.1) is 0 Å². The molecule has 1 aliphatic heterocycles. The molecule has 6 heteroatoms. The Balaban J connectivity index is 1.72. The first-order valence-corrected chi connectivity index (χ1v) is 7.20. The number of carboxylic acids is 1.